The van der Waals surface area contributed by atoms with Crippen LogP contribution in [0.4, 0.5) is 10.5 Å². The lowest BCUT2D eigenvalue weighted by Crippen LogP contribution is -3.10. The molecule has 2 heterocycles. The lowest BCUT2D eigenvalue weighted by molar-refractivity contribution is -0.887. The van der Waals surface area contributed by atoms with E-state index in [9.17, 15) is 9.59 Å². The van der Waals surface area contributed by atoms with Crippen LogP contribution in [0.15, 0.2) is 30.3 Å². The van der Waals surface area contributed by atoms with E-state index in [2.05, 4.69) is 10.6 Å². The molecule has 130 valence electrons. The first-order chi connectivity index (χ1) is 11.7. The van der Waals surface area contributed by atoms with Crippen LogP contribution in [0.1, 0.15) is 25.7 Å². The van der Waals surface area contributed by atoms with E-state index in [1.807, 2.05) is 30.3 Å². The highest BCUT2D eigenvalue weighted by Gasteiger charge is 2.31. The van der Waals surface area contributed by atoms with E-state index < -0.39 is 0 Å². The second kappa shape index (κ2) is 8.15. The largest absolute Gasteiger partial charge is 0.338 e. The first-order valence-electron chi connectivity index (χ1n) is 8.96. The van der Waals surface area contributed by atoms with E-state index in [1.165, 1.54) is 25.9 Å². The number of anilines is 1. The van der Waals surface area contributed by atoms with Crippen molar-refractivity contribution in [1.29, 1.82) is 0 Å². The summed E-state index contributed by atoms with van der Waals surface area (Å²) in [5.74, 6) is 0.0594. The number of quaternary nitrogens is 1. The predicted molar refractivity (Wildman–Crippen MR) is 93.1 cm³/mol. The van der Waals surface area contributed by atoms with Gasteiger partial charge < -0.3 is 20.4 Å². The molecule has 3 rings (SSSR count). The molecule has 0 bridgehead atoms. The van der Waals surface area contributed by atoms with Crippen LogP contribution in [-0.2, 0) is 4.79 Å². The first-order valence-corrected chi connectivity index (χ1v) is 8.96. The molecule has 3 N–H and O–H groups in total. The molecule has 2 saturated heterocycles. The summed E-state index contributed by atoms with van der Waals surface area (Å²) in [5.41, 5.74) is 0.890. The highest BCUT2D eigenvalue weighted by Crippen LogP contribution is 2.20. The van der Waals surface area contributed by atoms with E-state index in [-0.39, 0.29) is 18.0 Å². The third-order valence-electron chi connectivity index (χ3n) is 4.83. The topological polar surface area (TPSA) is 65.9 Å². The second-order valence-corrected chi connectivity index (χ2v) is 6.70. The third kappa shape index (κ3) is 4.47. The van der Waals surface area contributed by atoms with Gasteiger partial charge in [0.2, 0.25) is 5.91 Å². The van der Waals surface area contributed by atoms with Gasteiger partial charge in [0.05, 0.1) is 25.7 Å². The van der Waals surface area contributed by atoms with Gasteiger partial charge in [-0.3, -0.25) is 4.79 Å². The van der Waals surface area contributed by atoms with Gasteiger partial charge in [-0.1, -0.05) is 18.2 Å². The quantitative estimate of drug-likeness (QED) is 0.650. The summed E-state index contributed by atoms with van der Waals surface area (Å²) in [6.45, 7) is 4.90. The van der Waals surface area contributed by atoms with Crippen molar-refractivity contribution in [2.45, 2.75) is 31.7 Å². The summed E-state index contributed by atoms with van der Waals surface area (Å²) in [7, 11) is 0. The summed E-state index contributed by atoms with van der Waals surface area (Å²) in [6, 6.07) is 9.30. The van der Waals surface area contributed by atoms with Gasteiger partial charge in [-0.25, -0.2) is 4.79 Å². The molecule has 0 saturated carbocycles. The summed E-state index contributed by atoms with van der Waals surface area (Å²) in [5, 5.41) is 5.83. The maximum Gasteiger partial charge on any atom is 0.315 e. The average molecular weight is 331 g/mol. The minimum Gasteiger partial charge on any atom is -0.338 e. The highest BCUT2D eigenvalue weighted by atomic mass is 16.2. The van der Waals surface area contributed by atoms with Crippen LogP contribution in [0.25, 0.3) is 0 Å². The standard InChI is InChI=1S/C18H26N4O2/c23-17-13-15(14-22(17)16-7-2-1-3-8-16)20-18(24)19-9-6-12-21-10-4-5-11-21/h1-3,7-8,15H,4-6,9-14H2,(H2,19,20,24)/p+1/t15-/m1/s1. The lowest BCUT2D eigenvalue weighted by atomic mass is 10.2. The fourth-order valence-corrected chi connectivity index (χ4v) is 3.56. The summed E-state index contributed by atoms with van der Waals surface area (Å²) in [4.78, 5) is 27.5. The van der Waals surface area contributed by atoms with Crippen molar-refractivity contribution in [2.75, 3.05) is 37.6 Å². The summed E-state index contributed by atoms with van der Waals surface area (Å²) < 4.78 is 0. The zero-order valence-corrected chi connectivity index (χ0v) is 14.1. The Morgan fingerprint density at radius 3 is 2.71 bits per heavy atom. The van der Waals surface area contributed by atoms with Crippen LogP contribution in [0, 0.1) is 0 Å². The number of urea groups is 1. The van der Waals surface area contributed by atoms with Crippen molar-refractivity contribution in [1.82, 2.24) is 10.6 Å². The van der Waals surface area contributed by atoms with Crippen molar-refractivity contribution in [2.24, 2.45) is 0 Å². The Balaban J connectivity index is 1.36. The van der Waals surface area contributed by atoms with Gasteiger partial charge in [0.1, 0.15) is 0 Å². The Morgan fingerprint density at radius 1 is 1.21 bits per heavy atom. The molecule has 1 atom stereocenters. The number of nitrogens with zero attached hydrogens (tertiary/aromatic N) is 1. The Labute approximate surface area is 143 Å². The van der Waals surface area contributed by atoms with Gasteiger partial charge in [-0.2, -0.15) is 0 Å². The fourth-order valence-electron chi connectivity index (χ4n) is 3.56. The maximum absolute atomic E-state index is 12.1. The molecule has 0 aromatic heterocycles. The predicted octanol–water partition coefficient (Wildman–Crippen LogP) is 0.160. The van der Waals surface area contributed by atoms with Crippen LogP contribution in [0.3, 0.4) is 0 Å². The maximum atomic E-state index is 12.1. The van der Waals surface area contributed by atoms with Gasteiger partial charge in [0, 0.05) is 44.5 Å². The molecule has 2 aliphatic rings. The molecule has 2 aliphatic heterocycles. The SMILES string of the molecule is O=C(NCCC[NH+]1CCCC1)N[C@@H]1CC(=O)N(c2ccccc2)C1. The van der Waals surface area contributed by atoms with E-state index in [1.54, 1.807) is 9.80 Å². The number of benzene rings is 1. The molecular weight excluding hydrogens is 304 g/mol. The van der Waals surface area contributed by atoms with Crippen molar-refractivity contribution in [3.05, 3.63) is 30.3 Å². The van der Waals surface area contributed by atoms with E-state index in [0.717, 1.165) is 18.7 Å². The average Bonchev–Trinajstić information content (AvgIpc) is 3.22. The Bertz CT molecular complexity index is 557. The highest BCUT2D eigenvalue weighted by molar-refractivity contribution is 5.96. The summed E-state index contributed by atoms with van der Waals surface area (Å²) >= 11 is 0. The van der Waals surface area contributed by atoms with Crippen molar-refractivity contribution in [3.8, 4) is 0 Å². The number of para-hydroxylation sites is 1. The number of likely N-dealkylation sites (tertiary alicyclic amines) is 1. The zero-order chi connectivity index (χ0) is 16.8. The molecule has 0 aliphatic carbocycles. The van der Waals surface area contributed by atoms with Crippen molar-refractivity contribution >= 4 is 17.6 Å². The van der Waals surface area contributed by atoms with Gasteiger partial charge in [0.25, 0.3) is 0 Å². The molecule has 0 unspecified atom stereocenters. The monoisotopic (exact) mass is 331 g/mol. The van der Waals surface area contributed by atoms with Crippen LogP contribution in [0.5, 0.6) is 0 Å². The van der Waals surface area contributed by atoms with Crippen LogP contribution < -0.4 is 20.4 Å². The minimum absolute atomic E-state index is 0.0594. The molecule has 2 fully saturated rings. The normalized spacial score (nSPS) is 21.2. The second-order valence-electron chi connectivity index (χ2n) is 6.70. The Morgan fingerprint density at radius 2 is 1.96 bits per heavy atom. The molecule has 3 amide bonds. The molecule has 24 heavy (non-hydrogen) atoms. The van der Waals surface area contributed by atoms with Gasteiger partial charge in [-0.05, 0) is 12.1 Å². The Hall–Kier alpha value is -2.08. The lowest BCUT2D eigenvalue weighted by Gasteiger charge is -2.17. The number of nitrogens with one attached hydrogen (secondary N) is 3. The number of hydrogen-bond acceptors (Lipinski definition) is 2. The smallest absolute Gasteiger partial charge is 0.315 e. The van der Waals surface area contributed by atoms with E-state index >= 15 is 0 Å². The molecule has 6 nitrogen and oxygen atoms in total. The molecule has 0 radical (unpaired) electrons. The number of rotatable bonds is 6. The molecule has 1 aromatic carbocycles. The van der Waals surface area contributed by atoms with Crippen molar-refractivity contribution in [3.63, 3.8) is 0 Å². The molecule has 1 aromatic rings. The number of carbonyl (C=O) groups excluding carboxylic acids is 2. The van der Waals surface area contributed by atoms with Crippen LogP contribution in [0.2, 0.25) is 0 Å². The van der Waals surface area contributed by atoms with Crippen LogP contribution in [-0.4, -0.2) is 50.7 Å². The molecule has 0 spiro atoms. The Kier molecular flexibility index (Phi) is 5.69. The van der Waals surface area contributed by atoms with Gasteiger partial charge in [0.15, 0.2) is 0 Å². The number of hydrogen-bond donors (Lipinski definition) is 3. The van der Waals surface area contributed by atoms with Gasteiger partial charge in [-0.15, -0.1) is 0 Å². The number of carbonyl (C=O) groups is 2. The number of amides is 3. The van der Waals surface area contributed by atoms with Crippen molar-refractivity contribution < 1.29 is 14.5 Å². The summed E-state index contributed by atoms with van der Waals surface area (Å²) in [6.07, 6.45) is 4.02. The minimum atomic E-state index is -0.167. The van der Waals surface area contributed by atoms with Crippen LogP contribution >= 0.6 is 0 Å². The zero-order valence-electron chi connectivity index (χ0n) is 14.1. The van der Waals surface area contributed by atoms with E-state index in [4.69, 9.17) is 0 Å². The third-order valence-corrected chi connectivity index (χ3v) is 4.83. The molecular formula is C18H27N4O2+. The van der Waals surface area contributed by atoms with E-state index in [0.29, 0.717) is 19.5 Å². The molecule has 6 heteroatoms. The first kappa shape index (κ1) is 16.8. The fraction of sp³-hybridized carbons (Fsp3) is 0.556. The van der Waals surface area contributed by atoms with Gasteiger partial charge >= 0.3 is 6.03 Å².